The fourth-order valence-corrected chi connectivity index (χ4v) is 2.82. The number of nitro benzene ring substituents is 1. The van der Waals surface area contributed by atoms with E-state index in [-0.39, 0.29) is 24.5 Å². The number of carbonyl (C=O) groups excluding carboxylic acids is 2. The minimum atomic E-state index is -0.612. The van der Waals surface area contributed by atoms with Crippen LogP contribution in [0, 0.1) is 15.9 Å². The van der Waals surface area contributed by atoms with Gasteiger partial charge in [0, 0.05) is 36.6 Å². The van der Waals surface area contributed by atoms with Gasteiger partial charge in [0.15, 0.2) is 0 Å². The van der Waals surface area contributed by atoms with Crippen LogP contribution in [0.5, 0.6) is 0 Å². The first-order valence-corrected chi connectivity index (χ1v) is 9.61. The molecule has 0 aliphatic heterocycles. The number of rotatable bonds is 7. The van der Waals surface area contributed by atoms with Crippen molar-refractivity contribution >= 4 is 34.8 Å². The first-order chi connectivity index (χ1) is 15.4. The lowest BCUT2D eigenvalue weighted by molar-refractivity contribution is -0.384. The van der Waals surface area contributed by atoms with E-state index in [1.54, 1.807) is 36.4 Å². The maximum atomic E-state index is 13.7. The molecule has 3 aromatic carbocycles. The van der Waals surface area contributed by atoms with Gasteiger partial charge in [-0.25, -0.2) is 14.0 Å². The summed E-state index contributed by atoms with van der Waals surface area (Å²) in [4.78, 5) is 36.6. The maximum absolute atomic E-state index is 13.7. The molecule has 0 spiro atoms. The fraction of sp³-hybridized carbons (Fsp3) is 0.0909. The predicted octanol–water partition coefficient (Wildman–Crippen LogP) is 4.59. The number of anilines is 3. The van der Waals surface area contributed by atoms with E-state index in [2.05, 4.69) is 16.0 Å². The Hall–Kier alpha value is -4.47. The molecule has 3 aromatic rings. The third kappa shape index (κ3) is 6.02. The minimum absolute atomic E-state index is 0.0424. The number of para-hydroxylation sites is 2. The molecule has 164 valence electrons. The number of carbonyl (C=O) groups is 2. The molecule has 0 saturated heterocycles. The lowest BCUT2D eigenvalue weighted by atomic mass is 10.2. The molecule has 0 aliphatic rings. The highest BCUT2D eigenvalue weighted by atomic mass is 19.1. The van der Waals surface area contributed by atoms with Gasteiger partial charge in [-0.15, -0.1) is 0 Å². The molecular weight excluding hydrogens is 417 g/mol. The lowest BCUT2D eigenvalue weighted by Gasteiger charge is -2.23. The number of amides is 4. The maximum Gasteiger partial charge on any atom is 0.326 e. The van der Waals surface area contributed by atoms with Crippen LogP contribution in [0.4, 0.5) is 36.7 Å². The largest absolute Gasteiger partial charge is 0.336 e. The van der Waals surface area contributed by atoms with Gasteiger partial charge in [-0.05, 0) is 36.4 Å². The summed E-state index contributed by atoms with van der Waals surface area (Å²) in [5.41, 5.74) is 0.920. The second-order valence-electron chi connectivity index (χ2n) is 6.58. The van der Waals surface area contributed by atoms with E-state index in [9.17, 15) is 24.1 Å². The van der Waals surface area contributed by atoms with E-state index in [0.29, 0.717) is 11.4 Å². The average Bonchev–Trinajstić information content (AvgIpc) is 2.79. The first-order valence-electron chi connectivity index (χ1n) is 9.61. The van der Waals surface area contributed by atoms with Gasteiger partial charge in [0.05, 0.1) is 10.6 Å². The number of benzene rings is 3. The zero-order chi connectivity index (χ0) is 22.9. The summed E-state index contributed by atoms with van der Waals surface area (Å²) < 4.78 is 13.7. The average molecular weight is 437 g/mol. The summed E-state index contributed by atoms with van der Waals surface area (Å²) in [6.07, 6.45) is 0. The van der Waals surface area contributed by atoms with Crippen molar-refractivity contribution in [2.24, 2.45) is 0 Å². The summed E-state index contributed by atoms with van der Waals surface area (Å²) in [5, 5.41) is 18.5. The van der Waals surface area contributed by atoms with Gasteiger partial charge in [-0.2, -0.15) is 0 Å². The molecular formula is C22H20FN5O4. The Kier molecular flexibility index (Phi) is 7.31. The van der Waals surface area contributed by atoms with Crippen molar-refractivity contribution in [2.45, 2.75) is 0 Å². The van der Waals surface area contributed by atoms with Gasteiger partial charge in [-0.3, -0.25) is 15.0 Å². The second-order valence-corrected chi connectivity index (χ2v) is 6.58. The lowest BCUT2D eigenvalue weighted by Crippen LogP contribution is -2.42. The fourth-order valence-electron chi connectivity index (χ4n) is 2.82. The van der Waals surface area contributed by atoms with Gasteiger partial charge < -0.3 is 16.0 Å². The third-order valence-corrected chi connectivity index (χ3v) is 4.39. The van der Waals surface area contributed by atoms with Crippen LogP contribution < -0.4 is 20.9 Å². The standard InChI is InChI=1S/C22H20FN5O4/c23-19-8-4-5-9-20(19)26-21(29)24-14-15-27(17-6-2-1-3-7-17)22(30)25-16-10-12-18(13-11-16)28(31)32/h1-13H,14-15H2,(H,25,30)(H2,24,26,29). The summed E-state index contributed by atoms with van der Waals surface area (Å²) in [6.45, 7) is 0.205. The van der Waals surface area contributed by atoms with Gasteiger partial charge in [-0.1, -0.05) is 30.3 Å². The molecule has 0 heterocycles. The molecule has 0 unspecified atom stereocenters. The van der Waals surface area contributed by atoms with E-state index in [1.807, 2.05) is 0 Å². The van der Waals surface area contributed by atoms with Gasteiger partial charge >= 0.3 is 12.1 Å². The van der Waals surface area contributed by atoms with E-state index in [4.69, 9.17) is 0 Å². The van der Waals surface area contributed by atoms with Crippen molar-refractivity contribution in [1.29, 1.82) is 0 Å². The van der Waals surface area contributed by atoms with Crippen LogP contribution in [-0.4, -0.2) is 30.1 Å². The van der Waals surface area contributed by atoms with Crippen molar-refractivity contribution < 1.29 is 18.9 Å². The molecule has 0 radical (unpaired) electrons. The Morgan fingerprint density at radius 1 is 0.906 bits per heavy atom. The Bertz CT molecular complexity index is 1090. The molecule has 0 bridgehead atoms. The zero-order valence-electron chi connectivity index (χ0n) is 16.8. The van der Waals surface area contributed by atoms with E-state index >= 15 is 0 Å². The molecule has 0 atom stereocenters. The summed E-state index contributed by atoms with van der Waals surface area (Å²) in [6, 6.07) is 18.9. The minimum Gasteiger partial charge on any atom is -0.336 e. The van der Waals surface area contributed by atoms with E-state index in [0.717, 1.165) is 0 Å². The van der Waals surface area contributed by atoms with E-state index < -0.39 is 22.8 Å². The highest BCUT2D eigenvalue weighted by Gasteiger charge is 2.17. The van der Waals surface area contributed by atoms with Gasteiger partial charge in [0.1, 0.15) is 5.82 Å². The predicted molar refractivity (Wildman–Crippen MR) is 119 cm³/mol. The second kappa shape index (κ2) is 10.5. The number of hydrogen-bond donors (Lipinski definition) is 3. The normalized spacial score (nSPS) is 10.2. The molecule has 0 aromatic heterocycles. The Morgan fingerprint density at radius 2 is 1.56 bits per heavy atom. The Morgan fingerprint density at radius 3 is 2.22 bits per heavy atom. The molecule has 32 heavy (non-hydrogen) atoms. The molecule has 0 saturated carbocycles. The number of nitrogens with zero attached hydrogens (tertiary/aromatic N) is 2. The van der Waals surface area contributed by atoms with Crippen LogP contribution >= 0.6 is 0 Å². The van der Waals surface area contributed by atoms with Crippen LogP contribution in [-0.2, 0) is 0 Å². The number of urea groups is 2. The van der Waals surface area contributed by atoms with Crippen molar-refractivity contribution in [1.82, 2.24) is 5.32 Å². The summed E-state index contributed by atoms with van der Waals surface area (Å²) in [5.74, 6) is -0.559. The van der Waals surface area contributed by atoms with Gasteiger partial charge in [0.2, 0.25) is 0 Å². The molecule has 10 heteroatoms. The number of nitro groups is 1. The number of nitrogens with one attached hydrogen (secondary N) is 3. The molecule has 0 aliphatic carbocycles. The quantitative estimate of drug-likeness (QED) is 0.370. The Balaban J connectivity index is 1.63. The molecule has 3 N–H and O–H groups in total. The van der Waals surface area contributed by atoms with Crippen molar-refractivity contribution in [3.63, 3.8) is 0 Å². The zero-order valence-corrected chi connectivity index (χ0v) is 16.8. The molecule has 0 fully saturated rings. The first kappa shape index (κ1) is 22.2. The SMILES string of the molecule is O=C(NCCN(C(=O)Nc1ccc([N+](=O)[O-])cc1)c1ccccc1)Nc1ccccc1F. The van der Waals surface area contributed by atoms with Crippen molar-refractivity contribution in [3.05, 3.63) is 94.8 Å². The van der Waals surface area contributed by atoms with Crippen LogP contribution in [0.3, 0.4) is 0 Å². The highest BCUT2D eigenvalue weighted by Crippen LogP contribution is 2.18. The number of halogens is 1. The topological polar surface area (TPSA) is 117 Å². The monoisotopic (exact) mass is 437 g/mol. The molecule has 4 amide bonds. The van der Waals surface area contributed by atoms with Crippen LogP contribution in [0.1, 0.15) is 0 Å². The van der Waals surface area contributed by atoms with Crippen molar-refractivity contribution in [2.75, 3.05) is 28.6 Å². The van der Waals surface area contributed by atoms with Crippen LogP contribution in [0.2, 0.25) is 0 Å². The van der Waals surface area contributed by atoms with Crippen molar-refractivity contribution in [3.8, 4) is 0 Å². The van der Waals surface area contributed by atoms with Crippen LogP contribution in [0.25, 0.3) is 0 Å². The summed E-state index contributed by atoms with van der Waals surface area (Å²) in [7, 11) is 0. The molecule has 9 nitrogen and oxygen atoms in total. The smallest absolute Gasteiger partial charge is 0.326 e. The third-order valence-electron chi connectivity index (χ3n) is 4.39. The van der Waals surface area contributed by atoms with Gasteiger partial charge in [0.25, 0.3) is 5.69 Å². The highest BCUT2D eigenvalue weighted by molar-refractivity contribution is 6.01. The Labute approximate surface area is 183 Å². The molecule has 3 rings (SSSR count). The number of hydrogen-bond acceptors (Lipinski definition) is 4. The van der Waals surface area contributed by atoms with E-state index in [1.165, 1.54) is 47.4 Å². The van der Waals surface area contributed by atoms with Crippen LogP contribution in [0.15, 0.2) is 78.9 Å². The number of non-ortho nitro benzene ring substituents is 1. The summed E-state index contributed by atoms with van der Waals surface area (Å²) >= 11 is 0.